The topological polar surface area (TPSA) is 130 Å². The van der Waals surface area contributed by atoms with Gasteiger partial charge in [-0.2, -0.15) is 8.42 Å². The summed E-state index contributed by atoms with van der Waals surface area (Å²) in [5, 5.41) is 14.6. The molecule has 1 aromatic rings. The Morgan fingerprint density at radius 1 is 1.20 bits per heavy atom. The number of ether oxygens (including phenoxy) is 3. The van der Waals surface area contributed by atoms with Gasteiger partial charge in [-0.1, -0.05) is 63.3 Å². The van der Waals surface area contributed by atoms with Crippen LogP contribution in [0, 0.1) is 11.8 Å². The van der Waals surface area contributed by atoms with E-state index in [2.05, 4.69) is 39.2 Å². The summed E-state index contributed by atoms with van der Waals surface area (Å²) in [5.74, 6) is -0.820. The summed E-state index contributed by atoms with van der Waals surface area (Å²) >= 11 is 0. The summed E-state index contributed by atoms with van der Waals surface area (Å²) in [6, 6.07) is 8.68. The molecule has 1 aliphatic carbocycles. The first-order chi connectivity index (χ1) is 18.6. The van der Waals surface area contributed by atoms with E-state index in [4.69, 9.17) is 22.8 Å². The predicted molar refractivity (Wildman–Crippen MR) is 156 cm³/mol. The molecular formula is C28H47NO9SSi. The molecule has 0 bridgehead atoms. The van der Waals surface area contributed by atoms with Crippen LogP contribution in [-0.4, -0.2) is 79.1 Å². The number of aliphatic hydroxyl groups excluding tert-OH is 1. The number of aliphatic hydroxyl groups is 1. The van der Waals surface area contributed by atoms with Crippen molar-refractivity contribution < 1.29 is 41.1 Å². The van der Waals surface area contributed by atoms with Crippen molar-refractivity contribution in [3.05, 3.63) is 48.0 Å². The summed E-state index contributed by atoms with van der Waals surface area (Å²) in [5.41, 5.74) is 0.842. The minimum Gasteiger partial charge on any atom is -0.445 e. The molecule has 2 N–H and O–H groups in total. The Kier molecular flexibility index (Phi) is 12.8. The van der Waals surface area contributed by atoms with Crippen molar-refractivity contribution in [2.45, 2.75) is 83.2 Å². The van der Waals surface area contributed by atoms with E-state index in [1.165, 1.54) is 14.0 Å². The Labute approximate surface area is 240 Å². The summed E-state index contributed by atoms with van der Waals surface area (Å²) in [6.07, 6.45) is 1.30. The fourth-order valence-corrected chi connectivity index (χ4v) is 6.16. The van der Waals surface area contributed by atoms with Gasteiger partial charge in [-0.25, -0.2) is 4.79 Å². The van der Waals surface area contributed by atoms with Gasteiger partial charge >= 0.3 is 6.09 Å². The predicted octanol–water partition coefficient (Wildman–Crippen LogP) is 4.21. The molecule has 0 fully saturated rings. The molecule has 228 valence electrons. The molecule has 0 radical (unpaired) electrons. The van der Waals surface area contributed by atoms with Crippen molar-refractivity contribution >= 4 is 24.5 Å². The van der Waals surface area contributed by atoms with Gasteiger partial charge in [-0.3, -0.25) is 4.18 Å². The highest BCUT2D eigenvalue weighted by Crippen LogP contribution is 2.39. The molecule has 0 unspecified atom stereocenters. The largest absolute Gasteiger partial charge is 0.445 e. The van der Waals surface area contributed by atoms with E-state index < -0.39 is 54.8 Å². The second-order valence-electron chi connectivity index (χ2n) is 11.8. The molecular weight excluding hydrogens is 554 g/mol. The van der Waals surface area contributed by atoms with Crippen LogP contribution in [0.3, 0.4) is 0 Å². The Hall–Kier alpha value is -1.80. The van der Waals surface area contributed by atoms with E-state index in [1.807, 2.05) is 42.5 Å². The van der Waals surface area contributed by atoms with Crippen LogP contribution in [0.2, 0.25) is 18.1 Å². The first-order valence-corrected chi connectivity index (χ1v) is 18.2. The second kappa shape index (κ2) is 14.9. The lowest BCUT2D eigenvalue weighted by molar-refractivity contribution is -0.161. The molecule has 0 heterocycles. The fraction of sp³-hybridized carbons (Fsp3) is 0.679. The Morgan fingerprint density at radius 2 is 1.85 bits per heavy atom. The number of alkyl carbamates (subject to hydrolysis) is 1. The van der Waals surface area contributed by atoms with Gasteiger partial charge in [0.25, 0.3) is 10.1 Å². The number of amides is 1. The molecule has 10 nitrogen and oxygen atoms in total. The minimum atomic E-state index is -3.84. The molecule has 40 heavy (non-hydrogen) atoms. The minimum absolute atomic E-state index is 0.0214. The third-order valence-electron chi connectivity index (χ3n) is 7.60. The fourth-order valence-electron chi connectivity index (χ4n) is 4.43. The number of benzene rings is 1. The standard InChI is InChI=1S/C28H47NO9SSi/c1-20(38-39(6,32)33)26(36-19-34-5)25(30)24-22(18-37-40(7,8)28(2,3)4)15-12-16-23(24)29-27(31)35-17-21-13-10-9-11-14-21/h9-14,16,20,22-26,30H,15,17-19H2,1-8H3,(H,29,31)/t20-,22-,23-,24+,25-,26+/m1/s1. The van der Waals surface area contributed by atoms with Gasteiger partial charge in [0, 0.05) is 19.6 Å². The van der Waals surface area contributed by atoms with E-state index in [0.29, 0.717) is 13.0 Å². The zero-order valence-corrected chi connectivity index (χ0v) is 26.8. The van der Waals surface area contributed by atoms with Crippen LogP contribution >= 0.6 is 0 Å². The monoisotopic (exact) mass is 601 g/mol. The molecule has 0 saturated carbocycles. The number of rotatable bonds is 14. The lowest BCUT2D eigenvalue weighted by Gasteiger charge is -2.43. The maximum atomic E-state index is 12.8. The Balaban J connectivity index is 2.33. The number of hydrogen-bond donors (Lipinski definition) is 2. The first-order valence-electron chi connectivity index (χ1n) is 13.5. The van der Waals surface area contributed by atoms with E-state index >= 15 is 0 Å². The highest BCUT2D eigenvalue weighted by molar-refractivity contribution is 7.86. The summed E-state index contributed by atoms with van der Waals surface area (Å²) in [7, 11) is -4.54. The number of nitrogens with one attached hydrogen (secondary N) is 1. The van der Waals surface area contributed by atoms with Crippen LogP contribution in [0.5, 0.6) is 0 Å². The molecule has 1 amide bonds. The number of carbonyl (C=O) groups is 1. The first kappa shape index (κ1) is 34.4. The van der Waals surface area contributed by atoms with Crippen molar-refractivity contribution in [3.63, 3.8) is 0 Å². The molecule has 1 aliphatic rings. The average molecular weight is 602 g/mol. The molecule has 12 heteroatoms. The van der Waals surface area contributed by atoms with Crippen LogP contribution in [0.25, 0.3) is 0 Å². The van der Waals surface area contributed by atoms with Crippen LogP contribution in [-0.2, 0) is 39.5 Å². The van der Waals surface area contributed by atoms with Gasteiger partial charge in [0.2, 0.25) is 0 Å². The van der Waals surface area contributed by atoms with Crippen molar-refractivity contribution in [2.75, 3.05) is 26.8 Å². The molecule has 1 aromatic carbocycles. The van der Waals surface area contributed by atoms with E-state index in [9.17, 15) is 18.3 Å². The van der Waals surface area contributed by atoms with Gasteiger partial charge < -0.3 is 29.1 Å². The SMILES string of the molecule is COCO[C@H]([C@H](O)[C@H]1[C@@H](CO[Si](C)(C)C(C)(C)C)CC=C[C@H]1NC(=O)OCc1ccccc1)[C@@H](C)OS(C)(=O)=O. The van der Waals surface area contributed by atoms with Crippen molar-refractivity contribution in [3.8, 4) is 0 Å². The second-order valence-corrected chi connectivity index (χ2v) is 18.2. The van der Waals surface area contributed by atoms with Gasteiger partial charge in [0.1, 0.15) is 25.6 Å². The number of hydrogen-bond acceptors (Lipinski definition) is 9. The summed E-state index contributed by atoms with van der Waals surface area (Å²) < 4.78 is 51.8. The molecule has 0 aromatic heterocycles. The normalized spacial score (nSPS) is 22.4. The third-order valence-corrected chi connectivity index (χ3v) is 12.8. The molecule has 6 atom stereocenters. The smallest absolute Gasteiger partial charge is 0.407 e. The zero-order chi connectivity index (χ0) is 30.1. The maximum Gasteiger partial charge on any atom is 0.407 e. The highest BCUT2D eigenvalue weighted by atomic mass is 32.2. The lowest BCUT2D eigenvalue weighted by atomic mass is 9.74. The summed E-state index contributed by atoms with van der Waals surface area (Å²) in [4.78, 5) is 12.8. The van der Waals surface area contributed by atoms with E-state index in [-0.39, 0.29) is 24.4 Å². The molecule has 0 spiro atoms. The van der Waals surface area contributed by atoms with E-state index in [0.717, 1.165) is 11.8 Å². The van der Waals surface area contributed by atoms with Crippen molar-refractivity contribution in [1.82, 2.24) is 5.32 Å². The van der Waals surface area contributed by atoms with E-state index in [1.54, 1.807) is 0 Å². The molecule has 0 saturated heterocycles. The van der Waals surface area contributed by atoms with Crippen molar-refractivity contribution in [1.29, 1.82) is 0 Å². The quantitative estimate of drug-likeness (QED) is 0.139. The van der Waals surface area contributed by atoms with Crippen LogP contribution in [0.15, 0.2) is 42.5 Å². The van der Waals surface area contributed by atoms with Crippen LogP contribution in [0.4, 0.5) is 4.79 Å². The highest BCUT2D eigenvalue weighted by Gasteiger charge is 2.45. The maximum absolute atomic E-state index is 12.8. The Bertz CT molecular complexity index is 1060. The van der Waals surface area contributed by atoms with Gasteiger partial charge in [-0.05, 0) is 43.0 Å². The zero-order valence-electron chi connectivity index (χ0n) is 25.0. The average Bonchev–Trinajstić information content (AvgIpc) is 2.85. The molecule has 2 rings (SSSR count). The third kappa shape index (κ3) is 10.5. The van der Waals surface area contributed by atoms with Crippen LogP contribution in [0.1, 0.15) is 39.7 Å². The van der Waals surface area contributed by atoms with Gasteiger partial charge in [0.05, 0.1) is 18.4 Å². The number of carbonyl (C=O) groups excluding carboxylic acids is 1. The Morgan fingerprint density at radius 3 is 2.42 bits per heavy atom. The van der Waals surface area contributed by atoms with Crippen molar-refractivity contribution in [2.24, 2.45) is 11.8 Å². The van der Waals surface area contributed by atoms with Crippen LogP contribution < -0.4 is 5.32 Å². The molecule has 0 aliphatic heterocycles. The van der Waals surface area contributed by atoms with Gasteiger partial charge in [0.15, 0.2) is 8.32 Å². The van der Waals surface area contributed by atoms with Gasteiger partial charge in [-0.15, -0.1) is 0 Å². The number of allylic oxidation sites excluding steroid dienone is 1. The lowest BCUT2D eigenvalue weighted by Crippen LogP contribution is -2.56. The number of methoxy groups -OCH3 is 1. The summed E-state index contributed by atoms with van der Waals surface area (Å²) in [6.45, 7) is 12.5.